The van der Waals surface area contributed by atoms with E-state index in [1.807, 2.05) is 6.92 Å². The predicted molar refractivity (Wildman–Crippen MR) is 77.2 cm³/mol. The Balaban J connectivity index is 2.58. The third-order valence-corrected chi connectivity index (χ3v) is 3.51. The number of aryl methyl sites for hydroxylation is 1. The molecule has 0 saturated carbocycles. The number of para-hydroxylation sites is 1. The summed E-state index contributed by atoms with van der Waals surface area (Å²) in [4.78, 5) is 11.4. The minimum Gasteiger partial charge on any atom is -0.755 e. The summed E-state index contributed by atoms with van der Waals surface area (Å²) < 4.78 is 24.1. The van der Waals surface area contributed by atoms with Gasteiger partial charge >= 0.3 is 0 Å². The molecule has 0 aliphatic heterocycles. The van der Waals surface area contributed by atoms with Crippen molar-refractivity contribution in [2.24, 2.45) is 5.73 Å². The highest BCUT2D eigenvalue weighted by Gasteiger charge is 2.16. The third kappa shape index (κ3) is 2.87. The van der Waals surface area contributed by atoms with Crippen LogP contribution in [-0.2, 0) is 11.3 Å². The van der Waals surface area contributed by atoms with Gasteiger partial charge in [-0.2, -0.15) is 0 Å². The molecule has 1 amide bonds. The van der Waals surface area contributed by atoms with Gasteiger partial charge in [0.15, 0.2) is 0 Å². The van der Waals surface area contributed by atoms with Crippen LogP contribution in [0.15, 0.2) is 48.5 Å². The molecule has 0 fully saturated rings. The summed E-state index contributed by atoms with van der Waals surface area (Å²) in [7, 11) is 0. The van der Waals surface area contributed by atoms with Crippen LogP contribution in [0.5, 0.6) is 0 Å². The third-order valence-electron chi connectivity index (χ3n) is 2.81. The maximum atomic E-state index is 11.5. The van der Waals surface area contributed by atoms with Crippen LogP contribution in [0.4, 0.5) is 11.4 Å². The molecule has 2 N–H and O–H groups in total. The average Bonchev–Trinajstić information content (AvgIpc) is 2.41. The van der Waals surface area contributed by atoms with Gasteiger partial charge in [0.2, 0.25) is 0 Å². The predicted octanol–water partition coefficient (Wildman–Crippen LogP) is 2.03. The Bertz CT molecular complexity index is 656. The van der Waals surface area contributed by atoms with E-state index in [-0.39, 0.29) is 11.3 Å². The van der Waals surface area contributed by atoms with Gasteiger partial charge in [0.25, 0.3) is 5.91 Å². The quantitative estimate of drug-likeness (QED) is 0.874. The second kappa shape index (κ2) is 5.85. The summed E-state index contributed by atoms with van der Waals surface area (Å²) in [5.41, 5.74) is 7.12. The maximum Gasteiger partial charge on any atom is 0.250 e. The van der Waals surface area contributed by atoms with Gasteiger partial charge in [-0.3, -0.25) is 13.3 Å². The van der Waals surface area contributed by atoms with E-state index in [4.69, 9.17) is 5.73 Å². The number of benzene rings is 2. The second-order valence-electron chi connectivity index (χ2n) is 4.23. The molecule has 0 aromatic heterocycles. The number of amides is 1. The van der Waals surface area contributed by atoms with E-state index in [0.717, 1.165) is 9.87 Å². The number of nitrogens with zero attached hydrogens (tertiary/aromatic N) is 1. The minimum atomic E-state index is -2.56. The summed E-state index contributed by atoms with van der Waals surface area (Å²) in [6.07, 6.45) is 0. The number of nitrogens with two attached hydrogens (primary N) is 1. The average molecular weight is 289 g/mol. The molecular weight excluding hydrogens is 276 g/mol. The Kier molecular flexibility index (Phi) is 4.16. The zero-order valence-electron chi connectivity index (χ0n) is 10.8. The Morgan fingerprint density at radius 3 is 2.30 bits per heavy atom. The lowest BCUT2D eigenvalue weighted by Gasteiger charge is -2.27. The molecule has 1 atom stereocenters. The van der Waals surface area contributed by atoms with Crippen LogP contribution in [0.3, 0.4) is 0 Å². The SMILES string of the molecule is Cc1ccc(N(c2ccccc2C(N)=O)S(=O)[O-])cc1. The minimum absolute atomic E-state index is 0.150. The summed E-state index contributed by atoms with van der Waals surface area (Å²) in [6, 6.07) is 13.2. The van der Waals surface area contributed by atoms with Crippen molar-refractivity contribution in [2.75, 3.05) is 4.31 Å². The first-order valence-electron chi connectivity index (χ1n) is 5.85. The van der Waals surface area contributed by atoms with E-state index in [9.17, 15) is 13.6 Å². The molecule has 0 aliphatic carbocycles. The fourth-order valence-corrected chi connectivity index (χ4v) is 2.46. The lowest BCUT2D eigenvalue weighted by atomic mass is 10.1. The highest BCUT2D eigenvalue weighted by molar-refractivity contribution is 7.81. The summed E-state index contributed by atoms with van der Waals surface area (Å²) >= 11 is -2.56. The van der Waals surface area contributed by atoms with E-state index in [2.05, 4.69) is 0 Å². The van der Waals surface area contributed by atoms with Gasteiger partial charge in [0.1, 0.15) is 0 Å². The van der Waals surface area contributed by atoms with Crippen molar-refractivity contribution in [1.29, 1.82) is 0 Å². The van der Waals surface area contributed by atoms with Gasteiger partial charge in [0, 0.05) is 0 Å². The Labute approximate surface area is 119 Å². The van der Waals surface area contributed by atoms with Gasteiger partial charge in [-0.15, -0.1) is 0 Å². The first-order valence-corrected chi connectivity index (χ1v) is 6.89. The summed E-state index contributed by atoms with van der Waals surface area (Å²) in [5, 5.41) is 0. The van der Waals surface area contributed by atoms with Gasteiger partial charge in [-0.25, -0.2) is 0 Å². The number of primary amides is 1. The van der Waals surface area contributed by atoms with Gasteiger partial charge in [0.05, 0.1) is 28.2 Å². The Morgan fingerprint density at radius 2 is 1.75 bits per heavy atom. The molecule has 0 bridgehead atoms. The van der Waals surface area contributed by atoms with Crippen LogP contribution in [-0.4, -0.2) is 14.7 Å². The Hall–Kier alpha value is -2.18. The standard InChI is InChI=1S/C14H14N2O3S/c1-10-6-8-11(9-7-10)16(20(18)19)13-5-3-2-4-12(13)14(15)17/h2-9H,1H3,(H2,15,17)(H,18,19)/p-1. The second-order valence-corrected chi connectivity index (χ2v) is 5.03. The summed E-state index contributed by atoms with van der Waals surface area (Å²) in [5.74, 6) is -0.678. The molecule has 0 spiro atoms. The highest BCUT2D eigenvalue weighted by Crippen LogP contribution is 2.29. The number of carbonyl (C=O) groups is 1. The molecule has 2 rings (SSSR count). The van der Waals surface area contributed by atoms with Gasteiger partial charge in [-0.1, -0.05) is 29.8 Å². The fourth-order valence-electron chi connectivity index (χ4n) is 1.84. The largest absolute Gasteiger partial charge is 0.755 e. The van der Waals surface area contributed by atoms with E-state index < -0.39 is 17.2 Å². The molecule has 0 saturated heterocycles. The number of hydrogen-bond acceptors (Lipinski definition) is 3. The highest BCUT2D eigenvalue weighted by atomic mass is 32.2. The normalized spacial score (nSPS) is 11.9. The lowest BCUT2D eigenvalue weighted by molar-refractivity contribution is 0.100. The molecule has 20 heavy (non-hydrogen) atoms. The van der Waals surface area contributed by atoms with Crippen LogP contribution in [0, 0.1) is 6.92 Å². The van der Waals surface area contributed by atoms with E-state index in [0.29, 0.717) is 5.69 Å². The first kappa shape index (κ1) is 14.2. The number of carbonyl (C=O) groups excluding carboxylic acids is 1. The molecule has 0 aliphatic rings. The number of anilines is 2. The van der Waals surface area contributed by atoms with Crippen LogP contribution in [0.1, 0.15) is 15.9 Å². The van der Waals surface area contributed by atoms with Crippen LogP contribution < -0.4 is 10.0 Å². The van der Waals surface area contributed by atoms with E-state index >= 15 is 0 Å². The zero-order valence-corrected chi connectivity index (χ0v) is 11.6. The maximum absolute atomic E-state index is 11.5. The van der Waals surface area contributed by atoms with Crippen LogP contribution >= 0.6 is 0 Å². The summed E-state index contributed by atoms with van der Waals surface area (Å²) in [6.45, 7) is 1.90. The molecule has 5 nitrogen and oxygen atoms in total. The van der Waals surface area contributed by atoms with Crippen molar-refractivity contribution in [3.8, 4) is 0 Å². The number of rotatable bonds is 4. The van der Waals surface area contributed by atoms with E-state index in [1.165, 1.54) is 12.1 Å². The van der Waals surface area contributed by atoms with Crippen molar-refractivity contribution in [3.63, 3.8) is 0 Å². The topological polar surface area (TPSA) is 86.5 Å². The van der Waals surface area contributed by atoms with Crippen molar-refractivity contribution >= 4 is 28.5 Å². The first-order chi connectivity index (χ1) is 9.50. The lowest BCUT2D eigenvalue weighted by Crippen LogP contribution is -2.23. The molecule has 0 heterocycles. The molecule has 6 heteroatoms. The smallest absolute Gasteiger partial charge is 0.250 e. The molecular formula is C14H13N2O3S-. The van der Waals surface area contributed by atoms with Crippen molar-refractivity contribution in [1.82, 2.24) is 0 Å². The molecule has 1 unspecified atom stereocenters. The van der Waals surface area contributed by atoms with Crippen LogP contribution in [0.25, 0.3) is 0 Å². The fraction of sp³-hybridized carbons (Fsp3) is 0.0714. The van der Waals surface area contributed by atoms with Crippen LogP contribution in [0.2, 0.25) is 0 Å². The Morgan fingerprint density at radius 1 is 1.15 bits per heavy atom. The monoisotopic (exact) mass is 289 g/mol. The van der Waals surface area contributed by atoms with Gasteiger partial charge in [-0.05, 0) is 31.2 Å². The number of hydrogen-bond donors (Lipinski definition) is 1. The van der Waals surface area contributed by atoms with Crippen molar-refractivity contribution in [3.05, 3.63) is 59.7 Å². The van der Waals surface area contributed by atoms with Gasteiger partial charge < -0.3 is 10.3 Å². The molecule has 0 radical (unpaired) electrons. The van der Waals surface area contributed by atoms with Crippen molar-refractivity contribution < 1.29 is 13.6 Å². The van der Waals surface area contributed by atoms with E-state index in [1.54, 1.807) is 36.4 Å². The molecule has 104 valence electrons. The zero-order chi connectivity index (χ0) is 14.7. The molecule has 2 aromatic carbocycles. The molecule has 2 aromatic rings. The van der Waals surface area contributed by atoms with Crippen molar-refractivity contribution in [2.45, 2.75) is 6.92 Å².